The van der Waals surface area contributed by atoms with E-state index in [4.69, 9.17) is 9.41 Å². The van der Waals surface area contributed by atoms with Gasteiger partial charge in [-0.1, -0.05) is 121 Å². The Morgan fingerprint density at radius 1 is 0.463 bits per heavy atom. The van der Waals surface area contributed by atoms with Gasteiger partial charge in [0.25, 0.3) is 0 Å². The molecule has 3 heterocycles. The minimum absolute atomic E-state index is 0.831. The molecule has 0 atom stereocenters. The predicted octanol–water partition coefficient (Wildman–Crippen LogP) is 14.4. The highest BCUT2D eigenvalue weighted by atomic mass is 32.1. The van der Waals surface area contributed by atoms with Crippen LogP contribution in [0.25, 0.3) is 64.4 Å². The molecule has 0 bridgehead atoms. The lowest BCUT2D eigenvalue weighted by Gasteiger charge is -2.27. The second kappa shape index (κ2) is 12.4. The molecule has 1 aliphatic rings. The van der Waals surface area contributed by atoms with E-state index in [1.165, 1.54) is 48.1 Å². The third kappa shape index (κ3) is 5.07. The number of furan rings is 1. The van der Waals surface area contributed by atoms with Crippen molar-refractivity contribution in [2.45, 2.75) is 6.42 Å². The average Bonchev–Trinajstić information content (AvgIpc) is 3.95. The van der Waals surface area contributed by atoms with Crippen molar-refractivity contribution < 1.29 is 4.42 Å². The number of rotatable bonds is 6. The minimum Gasteiger partial charge on any atom is -0.456 e. The summed E-state index contributed by atoms with van der Waals surface area (Å²) in [5.74, 6) is 0. The van der Waals surface area contributed by atoms with Gasteiger partial charge in [-0.05, 0) is 94.0 Å². The molecule has 0 unspecified atom stereocenters. The molecule has 0 saturated heterocycles. The molecule has 0 aliphatic carbocycles. The second-order valence-electron chi connectivity index (χ2n) is 13.9. The van der Waals surface area contributed by atoms with E-state index in [-0.39, 0.29) is 0 Å². The summed E-state index contributed by atoms with van der Waals surface area (Å²) in [5, 5.41) is 4.75. The summed E-state index contributed by atoms with van der Waals surface area (Å²) >= 11 is 1.85. The number of benzene rings is 8. The predicted molar refractivity (Wildman–Crippen MR) is 229 cm³/mol. The number of nitrogens with zero attached hydrogens (tertiary/aromatic N) is 2. The third-order valence-corrected chi connectivity index (χ3v) is 11.9. The van der Waals surface area contributed by atoms with Gasteiger partial charge in [0.05, 0.1) is 22.5 Å². The molecule has 0 radical (unpaired) electrons. The molecule has 54 heavy (non-hydrogen) atoms. The molecule has 2 aromatic heterocycles. The van der Waals surface area contributed by atoms with E-state index in [9.17, 15) is 0 Å². The fourth-order valence-electron chi connectivity index (χ4n) is 8.10. The topological polar surface area (TPSA) is 28.7 Å². The van der Waals surface area contributed by atoms with Crippen LogP contribution in [0.4, 0.5) is 22.7 Å². The van der Waals surface area contributed by atoms with Crippen LogP contribution in [0.3, 0.4) is 0 Å². The molecular formula is C50H32N2OS. The largest absolute Gasteiger partial charge is 0.456 e. The van der Waals surface area contributed by atoms with Gasteiger partial charge in [-0.25, -0.2) is 0 Å². The molecule has 11 rings (SSSR count). The molecule has 0 N–H and O–H groups in total. The summed E-state index contributed by atoms with van der Waals surface area (Å²) in [4.78, 5) is 7.53. The van der Waals surface area contributed by atoms with Crippen LogP contribution in [0.1, 0.15) is 11.1 Å². The molecule has 4 heteroatoms. The van der Waals surface area contributed by atoms with Crippen LogP contribution in [-0.4, -0.2) is 5.71 Å². The fourth-order valence-corrected chi connectivity index (χ4v) is 9.23. The zero-order valence-corrected chi connectivity index (χ0v) is 30.1. The van der Waals surface area contributed by atoms with Crippen LogP contribution in [0.2, 0.25) is 0 Å². The normalized spacial score (nSPS) is 12.5. The molecule has 254 valence electrons. The van der Waals surface area contributed by atoms with Crippen LogP contribution in [0, 0.1) is 0 Å². The Labute approximate surface area is 316 Å². The van der Waals surface area contributed by atoms with Crippen molar-refractivity contribution in [3.05, 3.63) is 193 Å². The van der Waals surface area contributed by atoms with Crippen molar-refractivity contribution in [1.82, 2.24) is 0 Å². The molecule has 0 saturated carbocycles. The van der Waals surface area contributed by atoms with Crippen molar-refractivity contribution in [3.8, 4) is 22.3 Å². The van der Waals surface area contributed by atoms with Crippen molar-refractivity contribution in [1.29, 1.82) is 0 Å². The van der Waals surface area contributed by atoms with Gasteiger partial charge < -0.3 is 9.32 Å². The Morgan fingerprint density at radius 2 is 1.09 bits per heavy atom. The Bertz CT molecular complexity index is 3050. The molecule has 0 fully saturated rings. The first-order valence-electron chi connectivity index (χ1n) is 18.3. The molecule has 3 nitrogen and oxygen atoms in total. The molecule has 0 amide bonds. The van der Waals surface area contributed by atoms with Gasteiger partial charge >= 0.3 is 0 Å². The van der Waals surface area contributed by atoms with Gasteiger partial charge in [0.2, 0.25) is 0 Å². The number of aliphatic imine (C=N–C) groups is 1. The lowest BCUT2D eigenvalue weighted by Crippen LogP contribution is -2.10. The van der Waals surface area contributed by atoms with Crippen LogP contribution in [-0.2, 0) is 6.42 Å². The Kier molecular flexibility index (Phi) is 7.10. The van der Waals surface area contributed by atoms with Gasteiger partial charge in [-0.15, -0.1) is 11.3 Å². The van der Waals surface area contributed by atoms with Gasteiger partial charge in [0.15, 0.2) is 0 Å². The zero-order valence-electron chi connectivity index (χ0n) is 29.2. The second-order valence-corrected chi connectivity index (χ2v) is 15.0. The number of hydrogen-bond donors (Lipinski definition) is 0. The molecule has 0 spiro atoms. The van der Waals surface area contributed by atoms with Crippen molar-refractivity contribution in [2.24, 2.45) is 4.99 Å². The SMILES string of the molecule is c1ccc(C2=Nc3c(ccc4oc5cc(-c6ccc(N(c7ccc(-c8ccccc8)cc7)c7cccc8sc9ccccc9c78)cc6)ccc5c34)C2)cc1. The van der Waals surface area contributed by atoms with E-state index in [0.29, 0.717) is 0 Å². The smallest absolute Gasteiger partial charge is 0.137 e. The fraction of sp³-hybridized carbons (Fsp3) is 0.0200. The highest BCUT2D eigenvalue weighted by Gasteiger charge is 2.23. The Hall–Kier alpha value is -6.75. The molecule has 1 aliphatic heterocycles. The maximum atomic E-state index is 6.49. The lowest BCUT2D eigenvalue weighted by molar-refractivity contribution is 0.669. The highest BCUT2D eigenvalue weighted by molar-refractivity contribution is 7.26. The Balaban J connectivity index is 0.994. The third-order valence-electron chi connectivity index (χ3n) is 10.7. The first kappa shape index (κ1) is 30.8. The monoisotopic (exact) mass is 708 g/mol. The van der Waals surface area contributed by atoms with E-state index in [1.807, 2.05) is 17.4 Å². The summed E-state index contributed by atoms with van der Waals surface area (Å²) in [6.07, 6.45) is 0.831. The minimum atomic E-state index is 0.831. The van der Waals surface area contributed by atoms with Crippen LogP contribution in [0.5, 0.6) is 0 Å². The van der Waals surface area contributed by atoms with E-state index < -0.39 is 0 Å². The number of hydrogen-bond acceptors (Lipinski definition) is 4. The number of anilines is 3. The summed E-state index contributed by atoms with van der Waals surface area (Å²) in [7, 11) is 0. The van der Waals surface area contributed by atoms with Crippen molar-refractivity contribution >= 4 is 81.9 Å². The van der Waals surface area contributed by atoms with E-state index in [1.54, 1.807) is 0 Å². The summed E-state index contributed by atoms with van der Waals surface area (Å²) < 4.78 is 9.07. The standard InChI is InChI=1S/C50H32N2OS/c1-3-10-32(11-4-1)33-18-24-38(25-19-33)52(43-15-9-17-47-48(43)41-14-7-8-16-46(41)54-47)39-26-20-34(21-27-39)36-22-28-40-45(31-36)53-44-29-23-37-30-42(51-50(37)49(40)44)35-12-5-2-6-13-35/h1-29,31H,30H2. The maximum Gasteiger partial charge on any atom is 0.137 e. The van der Waals surface area contributed by atoms with Crippen molar-refractivity contribution in [2.75, 3.05) is 4.90 Å². The van der Waals surface area contributed by atoms with Gasteiger partial charge in [0.1, 0.15) is 11.2 Å². The Morgan fingerprint density at radius 3 is 1.85 bits per heavy atom. The van der Waals surface area contributed by atoms with Gasteiger partial charge in [0, 0.05) is 43.4 Å². The van der Waals surface area contributed by atoms with Crippen molar-refractivity contribution in [3.63, 3.8) is 0 Å². The maximum absolute atomic E-state index is 6.49. The average molecular weight is 709 g/mol. The molecular weight excluding hydrogens is 677 g/mol. The van der Waals surface area contributed by atoms with E-state index in [2.05, 4.69) is 181 Å². The molecule has 10 aromatic rings. The summed E-state index contributed by atoms with van der Waals surface area (Å²) in [5.41, 5.74) is 14.3. The van der Waals surface area contributed by atoms with Gasteiger partial charge in [-0.2, -0.15) is 0 Å². The lowest BCUT2D eigenvalue weighted by atomic mass is 10.0. The first-order valence-corrected chi connectivity index (χ1v) is 19.1. The van der Waals surface area contributed by atoms with E-state index in [0.717, 1.165) is 62.3 Å². The zero-order chi connectivity index (χ0) is 35.6. The summed E-state index contributed by atoms with van der Waals surface area (Å²) in [6.45, 7) is 0. The van der Waals surface area contributed by atoms with Crippen LogP contribution < -0.4 is 4.90 Å². The number of thiophene rings is 1. The van der Waals surface area contributed by atoms with Gasteiger partial charge in [-0.3, -0.25) is 4.99 Å². The van der Waals surface area contributed by atoms with Crippen LogP contribution >= 0.6 is 11.3 Å². The highest BCUT2D eigenvalue weighted by Crippen LogP contribution is 2.46. The summed E-state index contributed by atoms with van der Waals surface area (Å²) in [6, 6.07) is 65.1. The quantitative estimate of drug-likeness (QED) is 0.172. The molecule has 8 aromatic carbocycles. The van der Waals surface area contributed by atoms with Crippen LogP contribution in [0.15, 0.2) is 191 Å². The number of fused-ring (bicyclic) bond motifs is 8. The van der Waals surface area contributed by atoms with E-state index >= 15 is 0 Å². The first-order chi connectivity index (χ1) is 26.7.